The molecule has 1 heterocycles. The van der Waals surface area contributed by atoms with Crippen LogP contribution in [0, 0.1) is 0 Å². The van der Waals surface area contributed by atoms with Crippen molar-refractivity contribution in [2.45, 2.75) is 45.0 Å². The van der Waals surface area contributed by atoms with Crippen molar-refractivity contribution in [3.05, 3.63) is 95.3 Å². The highest BCUT2D eigenvalue weighted by Gasteiger charge is 2.31. The number of aryl methyl sites for hydroxylation is 2. The second kappa shape index (κ2) is 10.1. The Morgan fingerprint density at radius 1 is 0.946 bits per heavy atom. The highest BCUT2D eigenvalue weighted by molar-refractivity contribution is 6.08. The van der Waals surface area contributed by atoms with Crippen LogP contribution in [0.2, 0.25) is 0 Å². The highest BCUT2D eigenvalue weighted by atomic mass is 19.4. The number of carbonyl (C=O) groups is 2. The molecule has 37 heavy (non-hydrogen) atoms. The number of hydrogen-bond acceptors (Lipinski definition) is 4. The molecule has 4 aromatic rings. The van der Waals surface area contributed by atoms with Crippen molar-refractivity contribution in [1.29, 1.82) is 0 Å². The Kier molecular flexibility index (Phi) is 7.07. The molecule has 0 bridgehead atoms. The van der Waals surface area contributed by atoms with E-state index in [2.05, 4.69) is 4.98 Å². The lowest BCUT2D eigenvalue weighted by Gasteiger charge is -2.21. The summed E-state index contributed by atoms with van der Waals surface area (Å²) >= 11 is 0. The maximum atomic E-state index is 13.2. The number of nitrogens with zero attached hydrogens (tertiary/aromatic N) is 2. The maximum absolute atomic E-state index is 13.2. The Hall–Kier alpha value is -4.14. The number of ether oxygens (including phenoxy) is 1. The Labute approximate surface area is 211 Å². The lowest BCUT2D eigenvalue weighted by atomic mass is 10.1. The van der Waals surface area contributed by atoms with Crippen molar-refractivity contribution in [3.63, 3.8) is 0 Å². The predicted molar refractivity (Wildman–Crippen MR) is 132 cm³/mol. The second-order valence-electron chi connectivity index (χ2n) is 9.15. The number of carboxylic acid groups (broad SMARTS) is 1. The molecular formula is C28H25F3N2O4. The number of hydrogen-bond donors (Lipinski definition) is 1. The largest absolute Gasteiger partial charge is 0.478 e. The summed E-state index contributed by atoms with van der Waals surface area (Å²) in [5.41, 5.74) is 0.350. The minimum Gasteiger partial charge on any atom is -0.478 e. The fourth-order valence-electron chi connectivity index (χ4n) is 3.92. The Bertz CT molecular complexity index is 1420. The lowest BCUT2D eigenvalue weighted by Crippen LogP contribution is -2.37. The number of aromatic nitrogens is 2. The fraction of sp³-hybridized carbons (Fsp3) is 0.250. The minimum atomic E-state index is -4.48. The molecule has 192 valence electrons. The van der Waals surface area contributed by atoms with Gasteiger partial charge in [-0.25, -0.2) is 9.78 Å². The lowest BCUT2D eigenvalue weighted by molar-refractivity contribution is -0.152. The van der Waals surface area contributed by atoms with Crippen LogP contribution in [-0.4, -0.2) is 32.0 Å². The topological polar surface area (TPSA) is 81.4 Å². The number of ketones is 1. The molecule has 0 atom stereocenters. The number of carboxylic acids is 1. The van der Waals surface area contributed by atoms with Crippen LogP contribution in [0.5, 0.6) is 5.75 Å². The van der Waals surface area contributed by atoms with Gasteiger partial charge in [0, 0.05) is 12.1 Å². The van der Waals surface area contributed by atoms with Crippen LogP contribution in [-0.2, 0) is 23.9 Å². The average molecular weight is 511 g/mol. The molecular weight excluding hydrogens is 485 g/mol. The van der Waals surface area contributed by atoms with E-state index in [1.807, 2.05) is 24.3 Å². The molecule has 4 rings (SSSR count). The summed E-state index contributed by atoms with van der Waals surface area (Å²) < 4.78 is 46.1. The van der Waals surface area contributed by atoms with E-state index in [9.17, 15) is 27.9 Å². The number of aliphatic carboxylic acids is 1. The van der Waals surface area contributed by atoms with Gasteiger partial charge in [0.15, 0.2) is 11.4 Å². The van der Waals surface area contributed by atoms with E-state index in [0.29, 0.717) is 30.7 Å². The molecule has 0 amide bonds. The van der Waals surface area contributed by atoms with Gasteiger partial charge in [0.25, 0.3) is 0 Å². The average Bonchev–Trinajstić information content (AvgIpc) is 3.22. The van der Waals surface area contributed by atoms with Crippen LogP contribution >= 0.6 is 0 Å². The Morgan fingerprint density at radius 3 is 2.22 bits per heavy atom. The Morgan fingerprint density at radius 2 is 1.59 bits per heavy atom. The zero-order valence-electron chi connectivity index (χ0n) is 20.2. The molecule has 0 saturated heterocycles. The van der Waals surface area contributed by atoms with Crippen LogP contribution in [0.4, 0.5) is 13.2 Å². The molecule has 0 aliphatic heterocycles. The highest BCUT2D eigenvalue weighted by Crippen LogP contribution is 2.29. The molecule has 9 heteroatoms. The fourth-order valence-corrected chi connectivity index (χ4v) is 3.92. The third-order valence-electron chi connectivity index (χ3n) is 5.99. The quantitative estimate of drug-likeness (QED) is 0.273. The van der Waals surface area contributed by atoms with Gasteiger partial charge in [-0.05, 0) is 68.7 Å². The van der Waals surface area contributed by atoms with Crippen LogP contribution in [0.25, 0.3) is 11.0 Å². The molecule has 0 aliphatic rings. The van der Waals surface area contributed by atoms with Crippen molar-refractivity contribution in [3.8, 4) is 5.75 Å². The first-order valence-corrected chi connectivity index (χ1v) is 11.6. The van der Waals surface area contributed by atoms with Gasteiger partial charge in [-0.1, -0.05) is 36.4 Å². The summed E-state index contributed by atoms with van der Waals surface area (Å²) in [6, 6.07) is 18.5. The molecule has 6 nitrogen and oxygen atoms in total. The zero-order valence-corrected chi connectivity index (χ0v) is 20.2. The first kappa shape index (κ1) is 25.9. The molecule has 0 saturated carbocycles. The van der Waals surface area contributed by atoms with Crippen molar-refractivity contribution in [1.82, 2.24) is 9.55 Å². The van der Waals surface area contributed by atoms with Crippen molar-refractivity contribution >= 4 is 22.8 Å². The van der Waals surface area contributed by atoms with Gasteiger partial charge in [0.05, 0.1) is 16.6 Å². The summed E-state index contributed by atoms with van der Waals surface area (Å²) in [5.74, 6) is -0.903. The van der Waals surface area contributed by atoms with E-state index >= 15 is 0 Å². The van der Waals surface area contributed by atoms with Gasteiger partial charge >= 0.3 is 12.1 Å². The summed E-state index contributed by atoms with van der Waals surface area (Å²) in [5, 5.41) is 9.22. The third-order valence-corrected chi connectivity index (χ3v) is 5.99. The van der Waals surface area contributed by atoms with E-state index in [4.69, 9.17) is 4.74 Å². The number of halogens is 3. The van der Waals surface area contributed by atoms with Crippen LogP contribution in [0.1, 0.15) is 47.6 Å². The van der Waals surface area contributed by atoms with Crippen molar-refractivity contribution in [2.24, 2.45) is 0 Å². The number of rotatable bonds is 9. The molecule has 0 aliphatic carbocycles. The summed E-state index contributed by atoms with van der Waals surface area (Å²) in [6.07, 6.45) is -3.15. The Balaban J connectivity index is 1.50. The number of imidazole rings is 1. The number of benzene rings is 3. The number of alkyl halides is 3. The number of fused-ring (bicyclic) bond motifs is 1. The molecule has 1 N–H and O–H groups in total. The third kappa shape index (κ3) is 5.82. The van der Waals surface area contributed by atoms with Gasteiger partial charge in [-0.15, -0.1) is 0 Å². The summed E-state index contributed by atoms with van der Waals surface area (Å²) in [4.78, 5) is 28.9. The smallest absolute Gasteiger partial charge is 0.416 e. The van der Waals surface area contributed by atoms with E-state index in [-0.39, 0.29) is 11.4 Å². The summed E-state index contributed by atoms with van der Waals surface area (Å²) in [7, 11) is 0. The predicted octanol–water partition coefficient (Wildman–Crippen LogP) is 6.16. The van der Waals surface area contributed by atoms with E-state index in [0.717, 1.165) is 23.2 Å². The van der Waals surface area contributed by atoms with E-state index in [1.54, 1.807) is 28.8 Å². The van der Waals surface area contributed by atoms with Crippen LogP contribution < -0.4 is 4.74 Å². The zero-order chi connectivity index (χ0) is 26.8. The minimum absolute atomic E-state index is 0.129. The van der Waals surface area contributed by atoms with E-state index < -0.39 is 29.1 Å². The molecule has 0 unspecified atom stereocenters. The first-order valence-electron chi connectivity index (χ1n) is 11.6. The van der Waals surface area contributed by atoms with Gasteiger partial charge in [0.1, 0.15) is 5.75 Å². The first-order chi connectivity index (χ1) is 17.5. The van der Waals surface area contributed by atoms with Gasteiger partial charge in [0.2, 0.25) is 5.78 Å². The normalized spacial score (nSPS) is 12.0. The van der Waals surface area contributed by atoms with E-state index in [1.165, 1.54) is 26.0 Å². The molecule has 0 spiro atoms. The second-order valence-corrected chi connectivity index (χ2v) is 9.15. The molecule has 0 radical (unpaired) electrons. The summed E-state index contributed by atoms with van der Waals surface area (Å²) in [6.45, 7) is 3.41. The maximum Gasteiger partial charge on any atom is 0.416 e. The number of para-hydroxylation sites is 2. The molecule has 0 fully saturated rings. The van der Waals surface area contributed by atoms with Gasteiger partial charge in [-0.3, -0.25) is 4.79 Å². The van der Waals surface area contributed by atoms with Gasteiger partial charge < -0.3 is 14.4 Å². The molecule has 3 aromatic carbocycles. The molecule has 1 aromatic heterocycles. The number of carbonyl (C=O) groups excluding carboxylic acids is 1. The standard InChI is InChI=1S/C28H25F3N2O4/c1-27(2,26(35)36)37-21-15-9-18(10-16-21)6-5-17-33-23-8-4-3-7-22(23)32-25(33)24(34)19-11-13-20(14-12-19)28(29,30)31/h3-4,7-16H,5-6,17H2,1-2H3,(H,35,36). The SMILES string of the molecule is CC(C)(Oc1ccc(CCCn2c(C(=O)c3ccc(C(F)(F)F)cc3)nc3ccccc32)cc1)C(=O)O. The van der Waals surface area contributed by atoms with Crippen molar-refractivity contribution < 1.29 is 32.6 Å². The van der Waals surface area contributed by atoms with Crippen LogP contribution in [0.15, 0.2) is 72.8 Å². The van der Waals surface area contributed by atoms with Crippen LogP contribution in [0.3, 0.4) is 0 Å². The monoisotopic (exact) mass is 510 g/mol. The van der Waals surface area contributed by atoms with Gasteiger partial charge in [-0.2, -0.15) is 13.2 Å². The van der Waals surface area contributed by atoms with Crippen molar-refractivity contribution in [2.75, 3.05) is 0 Å².